The van der Waals surface area contributed by atoms with Crippen molar-refractivity contribution < 1.29 is 9.59 Å². The molecule has 1 aliphatic rings. The number of rotatable bonds is 4. The fourth-order valence-corrected chi connectivity index (χ4v) is 4.99. The molecule has 0 spiro atoms. The predicted octanol–water partition coefficient (Wildman–Crippen LogP) is 4.70. The number of benzene rings is 2. The van der Waals surface area contributed by atoms with Crippen LogP contribution in [0.25, 0.3) is 10.2 Å². The van der Waals surface area contributed by atoms with Gasteiger partial charge in [-0.2, -0.15) is 0 Å². The molecule has 4 rings (SSSR count). The topological polar surface area (TPSA) is 62.3 Å². The molecule has 8 heteroatoms. The highest BCUT2D eigenvalue weighted by Gasteiger charge is 2.32. The first-order chi connectivity index (χ1) is 13.5. The van der Waals surface area contributed by atoms with E-state index in [1.54, 1.807) is 23.5 Å². The van der Waals surface area contributed by atoms with E-state index in [1.165, 1.54) is 6.07 Å². The maximum absolute atomic E-state index is 12.8. The Bertz CT molecular complexity index is 1020. The van der Waals surface area contributed by atoms with Crippen LogP contribution < -0.4 is 5.32 Å². The number of nitrogens with zero attached hydrogens (tertiary/aromatic N) is 2. The zero-order valence-electron chi connectivity index (χ0n) is 14.8. The first-order valence-corrected chi connectivity index (χ1v) is 10.5. The second kappa shape index (κ2) is 8.07. The largest absolute Gasteiger partial charge is 0.343 e. The van der Waals surface area contributed by atoms with Crippen molar-refractivity contribution in [3.8, 4) is 0 Å². The SMILES string of the molecule is O=C(NCC(=O)N1CCCC1c1nc2ccccc2s1)c1ccc(Cl)cc1Cl. The van der Waals surface area contributed by atoms with Crippen molar-refractivity contribution in [3.05, 3.63) is 63.1 Å². The van der Waals surface area contributed by atoms with Crippen LogP contribution in [0.1, 0.15) is 34.2 Å². The van der Waals surface area contributed by atoms with Gasteiger partial charge in [-0.05, 0) is 43.2 Å². The van der Waals surface area contributed by atoms with Gasteiger partial charge in [-0.1, -0.05) is 35.3 Å². The Morgan fingerprint density at radius 3 is 2.82 bits per heavy atom. The summed E-state index contributed by atoms with van der Waals surface area (Å²) >= 11 is 13.5. The molecule has 1 aliphatic heterocycles. The molecule has 28 heavy (non-hydrogen) atoms. The van der Waals surface area contributed by atoms with Gasteiger partial charge in [0.2, 0.25) is 5.91 Å². The molecule has 0 radical (unpaired) electrons. The van der Waals surface area contributed by atoms with Crippen molar-refractivity contribution in [3.63, 3.8) is 0 Å². The Morgan fingerprint density at radius 1 is 1.21 bits per heavy atom. The second-order valence-electron chi connectivity index (χ2n) is 6.57. The number of hydrogen-bond acceptors (Lipinski definition) is 4. The lowest BCUT2D eigenvalue weighted by Gasteiger charge is -2.23. The molecule has 1 saturated heterocycles. The van der Waals surface area contributed by atoms with E-state index < -0.39 is 5.91 Å². The average molecular weight is 434 g/mol. The Labute approximate surface area is 176 Å². The van der Waals surface area contributed by atoms with Crippen molar-refractivity contribution in [2.45, 2.75) is 18.9 Å². The minimum Gasteiger partial charge on any atom is -0.343 e. The number of amides is 2. The molecule has 0 bridgehead atoms. The summed E-state index contributed by atoms with van der Waals surface area (Å²) in [6.45, 7) is 0.580. The summed E-state index contributed by atoms with van der Waals surface area (Å²) in [5.41, 5.74) is 1.25. The summed E-state index contributed by atoms with van der Waals surface area (Å²) < 4.78 is 1.11. The number of halogens is 2. The third-order valence-electron chi connectivity index (χ3n) is 4.74. The number of likely N-dealkylation sites (tertiary alicyclic amines) is 1. The lowest BCUT2D eigenvalue weighted by atomic mass is 10.2. The van der Waals surface area contributed by atoms with Gasteiger partial charge in [0.25, 0.3) is 5.91 Å². The van der Waals surface area contributed by atoms with Gasteiger partial charge in [0.05, 0.1) is 33.4 Å². The van der Waals surface area contributed by atoms with Crippen LogP contribution in [0.4, 0.5) is 0 Å². The third kappa shape index (κ3) is 3.85. The maximum Gasteiger partial charge on any atom is 0.253 e. The summed E-state index contributed by atoms with van der Waals surface area (Å²) in [5, 5.41) is 4.31. The van der Waals surface area contributed by atoms with Gasteiger partial charge in [0.15, 0.2) is 0 Å². The molecule has 2 amide bonds. The van der Waals surface area contributed by atoms with Crippen LogP contribution in [0.2, 0.25) is 10.0 Å². The summed E-state index contributed by atoms with van der Waals surface area (Å²) in [5.74, 6) is -0.522. The number of para-hydroxylation sites is 1. The van der Waals surface area contributed by atoms with Crippen LogP contribution in [-0.4, -0.2) is 34.8 Å². The molecule has 5 nitrogen and oxygen atoms in total. The number of hydrogen-bond donors (Lipinski definition) is 1. The van der Waals surface area contributed by atoms with E-state index in [2.05, 4.69) is 5.32 Å². The lowest BCUT2D eigenvalue weighted by molar-refractivity contribution is -0.131. The van der Waals surface area contributed by atoms with E-state index in [9.17, 15) is 9.59 Å². The number of carbonyl (C=O) groups is 2. The molecule has 2 aromatic carbocycles. The smallest absolute Gasteiger partial charge is 0.253 e. The summed E-state index contributed by atoms with van der Waals surface area (Å²) in [7, 11) is 0. The number of fused-ring (bicyclic) bond motifs is 1. The highest BCUT2D eigenvalue weighted by atomic mass is 35.5. The number of nitrogens with one attached hydrogen (secondary N) is 1. The molecule has 144 valence electrons. The van der Waals surface area contributed by atoms with Crippen molar-refractivity contribution in [1.82, 2.24) is 15.2 Å². The van der Waals surface area contributed by atoms with Crippen LogP contribution >= 0.6 is 34.5 Å². The highest BCUT2D eigenvalue weighted by Crippen LogP contribution is 2.36. The predicted molar refractivity (Wildman–Crippen MR) is 112 cm³/mol. The summed E-state index contributed by atoms with van der Waals surface area (Å²) in [6, 6.07) is 12.6. The zero-order valence-corrected chi connectivity index (χ0v) is 17.2. The molecule has 1 N–H and O–H groups in total. The summed E-state index contributed by atoms with van der Waals surface area (Å²) in [6.07, 6.45) is 1.80. The van der Waals surface area contributed by atoms with E-state index in [4.69, 9.17) is 28.2 Å². The van der Waals surface area contributed by atoms with Crippen LogP contribution in [0.15, 0.2) is 42.5 Å². The van der Waals surface area contributed by atoms with Gasteiger partial charge in [-0.15, -0.1) is 11.3 Å². The number of aromatic nitrogens is 1. The zero-order chi connectivity index (χ0) is 19.7. The van der Waals surface area contributed by atoms with Crippen LogP contribution in [0.5, 0.6) is 0 Å². The molecule has 1 unspecified atom stereocenters. The van der Waals surface area contributed by atoms with Crippen LogP contribution in [-0.2, 0) is 4.79 Å². The first-order valence-electron chi connectivity index (χ1n) is 8.91. The van der Waals surface area contributed by atoms with Gasteiger partial charge in [0, 0.05) is 11.6 Å². The van der Waals surface area contributed by atoms with Gasteiger partial charge >= 0.3 is 0 Å². The van der Waals surface area contributed by atoms with E-state index in [-0.39, 0.29) is 23.5 Å². The molecule has 1 aromatic heterocycles. The van der Waals surface area contributed by atoms with Crippen molar-refractivity contribution >= 4 is 56.6 Å². The molecule has 0 saturated carbocycles. The van der Waals surface area contributed by atoms with Crippen molar-refractivity contribution in [1.29, 1.82) is 0 Å². The standard InChI is InChI=1S/C20H17Cl2N3O2S/c21-12-7-8-13(14(22)10-12)19(27)23-11-18(26)25-9-3-5-16(25)20-24-15-4-1-2-6-17(15)28-20/h1-2,4,6-8,10,16H,3,5,9,11H2,(H,23,27). The van der Waals surface area contributed by atoms with E-state index >= 15 is 0 Å². The van der Waals surface area contributed by atoms with Gasteiger partial charge in [0.1, 0.15) is 5.01 Å². The monoisotopic (exact) mass is 433 g/mol. The van der Waals surface area contributed by atoms with E-state index in [0.29, 0.717) is 17.1 Å². The van der Waals surface area contributed by atoms with Gasteiger partial charge in [-0.25, -0.2) is 4.98 Å². The Kier molecular flexibility index (Phi) is 5.53. The molecular weight excluding hydrogens is 417 g/mol. The van der Waals surface area contributed by atoms with Crippen LogP contribution in [0, 0.1) is 0 Å². The molecule has 3 aromatic rings. The highest BCUT2D eigenvalue weighted by molar-refractivity contribution is 7.18. The number of carbonyl (C=O) groups excluding carboxylic acids is 2. The van der Waals surface area contributed by atoms with Crippen molar-refractivity contribution in [2.75, 3.05) is 13.1 Å². The van der Waals surface area contributed by atoms with Crippen LogP contribution in [0.3, 0.4) is 0 Å². The van der Waals surface area contributed by atoms with Gasteiger partial charge in [-0.3, -0.25) is 9.59 Å². The van der Waals surface area contributed by atoms with Gasteiger partial charge < -0.3 is 10.2 Å². The first kappa shape index (κ1) is 19.2. The Hall–Kier alpha value is -2.15. The number of thiazole rings is 1. The fraction of sp³-hybridized carbons (Fsp3) is 0.250. The Balaban J connectivity index is 1.44. The molecule has 0 aliphatic carbocycles. The molecular formula is C20H17Cl2N3O2S. The minimum absolute atomic E-state index is 0.0408. The quantitative estimate of drug-likeness (QED) is 0.648. The summed E-state index contributed by atoms with van der Waals surface area (Å²) in [4.78, 5) is 31.6. The van der Waals surface area contributed by atoms with E-state index in [1.807, 2.05) is 29.2 Å². The molecule has 2 heterocycles. The van der Waals surface area contributed by atoms with E-state index in [0.717, 1.165) is 28.1 Å². The Morgan fingerprint density at radius 2 is 2.04 bits per heavy atom. The minimum atomic E-state index is -0.397. The third-order valence-corrected chi connectivity index (χ3v) is 6.43. The molecule has 1 fully saturated rings. The van der Waals surface area contributed by atoms with Crippen molar-refractivity contribution in [2.24, 2.45) is 0 Å². The lowest BCUT2D eigenvalue weighted by Crippen LogP contribution is -2.39. The second-order valence-corrected chi connectivity index (χ2v) is 8.48. The fourth-order valence-electron chi connectivity index (χ4n) is 3.38. The average Bonchev–Trinajstić information content (AvgIpc) is 3.32. The molecule has 1 atom stereocenters. The maximum atomic E-state index is 12.8. The normalized spacial score (nSPS) is 16.5.